The quantitative estimate of drug-likeness (QED) is 0.885. The van der Waals surface area contributed by atoms with Crippen molar-refractivity contribution in [2.75, 3.05) is 17.7 Å². The van der Waals surface area contributed by atoms with Gasteiger partial charge in [0.15, 0.2) is 0 Å². The van der Waals surface area contributed by atoms with Gasteiger partial charge in [0.1, 0.15) is 5.75 Å². The van der Waals surface area contributed by atoms with E-state index in [1.54, 1.807) is 31.3 Å². The van der Waals surface area contributed by atoms with Gasteiger partial charge < -0.3 is 15.4 Å². The number of hydrogen-bond acceptors (Lipinski definition) is 3. The third-order valence-electron chi connectivity index (χ3n) is 2.77. The van der Waals surface area contributed by atoms with Crippen molar-refractivity contribution >= 4 is 17.3 Å². The average molecular weight is 292 g/mol. The van der Waals surface area contributed by atoms with Gasteiger partial charge in [-0.05, 0) is 48.5 Å². The molecule has 21 heavy (non-hydrogen) atoms. The summed E-state index contributed by atoms with van der Waals surface area (Å²) >= 11 is 0. The molecule has 0 aliphatic heterocycles. The predicted octanol–water partition coefficient (Wildman–Crippen LogP) is 3.58. The topological polar surface area (TPSA) is 50.4 Å². The summed E-state index contributed by atoms with van der Waals surface area (Å²) < 4.78 is 28.3. The summed E-state index contributed by atoms with van der Waals surface area (Å²) in [6.07, 6.45) is 0. The number of carbonyl (C=O) groups excluding carboxylic acids is 1. The molecule has 0 unspecified atom stereocenters. The highest BCUT2D eigenvalue weighted by Crippen LogP contribution is 2.18. The zero-order valence-electron chi connectivity index (χ0n) is 11.3. The van der Waals surface area contributed by atoms with E-state index in [-0.39, 0.29) is 11.7 Å². The monoisotopic (exact) mass is 292 g/mol. The molecular formula is C15H14F2N2O2. The van der Waals surface area contributed by atoms with Gasteiger partial charge in [0.2, 0.25) is 0 Å². The number of alkyl halides is 2. The van der Waals surface area contributed by atoms with Crippen molar-refractivity contribution in [2.24, 2.45) is 0 Å². The fourth-order valence-corrected chi connectivity index (χ4v) is 1.71. The Kier molecular flexibility index (Phi) is 4.71. The number of rotatable bonds is 5. The second kappa shape index (κ2) is 6.69. The van der Waals surface area contributed by atoms with Gasteiger partial charge in [0, 0.05) is 24.0 Å². The molecule has 0 fully saturated rings. The van der Waals surface area contributed by atoms with Crippen LogP contribution < -0.4 is 15.4 Å². The van der Waals surface area contributed by atoms with E-state index in [9.17, 15) is 13.6 Å². The smallest absolute Gasteiger partial charge is 0.387 e. The minimum atomic E-state index is -2.86. The van der Waals surface area contributed by atoms with Crippen LogP contribution in [0.4, 0.5) is 20.2 Å². The zero-order valence-corrected chi connectivity index (χ0v) is 11.3. The molecule has 0 aliphatic rings. The lowest BCUT2D eigenvalue weighted by atomic mass is 10.2. The van der Waals surface area contributed by atoms with Gasteiger partial charge in [-0.3, -0.25) is 4.79 Å². The molecule has 2 aromatic rings. The van der Waals surface area contributed by atoms with Gasteiger partial charge in [-0.15, -0.1) is 0 Å². The molecule has 2 rings (SSSR count). The van der Waals surface area contributed by atoms with Gasteiger partial charge in [-0.1, -0.05) is 0 Å². The van der Waals surface area contributed by atoms with Crippen molar-refractivity contribution in [1.82, 2.24) is 0 Å². The first kappa shape index (κ1) is 14.8. The molecule has 0 aromatic heterocycles. The Morgan fingerprint density at radius 2 is 1.57 bits per heavy atom. The van der Waals surface area contributed by atoms with Crippen LogP contribution in [0.15, 0.2) is 48.5 Å². The Morgan fingerprint density at radius 3 is 2.10 bits per heavy atom. The molecule has 0 radical (unpaired) electrons. The number of hydrogen-bond donors (Lipinski definition) is 2. The molecule has 0 bridgehead atoms. The Labute approximate surface area is 120 Å². The lowest BCUT2D eigenvalue weighted by Gasteiger charge is -2.08. The van der Waals surface area contributed by atoms with Crippen molar-refractivity contribution in [2.45, 2.75) is 6.61 Å². The van der Waals surface area contributed by atoms with Crippen LogP contribution in [0.5, 0.6) is 5.75 Å². The van der Waals surface area contributed by atoms with Crippen molar-refractivity contribution in [1.29, 1.82) is 0 Å². The van der Waals surface area contributed by atoms with E-state index < -0.39 is 6.61 Å². The van der Waals surface area contributed by atoms with Crippen LogP contribution in [0, 0.1) is 0 Å². The fraction of sp³-hybridized carbons (Fsp3) is 0.133. The van der Waals surface area contributed by atoms with Gasteiger partial charge in [0.05, 0.1) is 0 Å². The maximum Gasteiger partial charge on any atom is 0.387 e. The molecule has 110 valence electrons. The normalized spacial score (nSPS) is 10.3. The molecule has 0 saturated heterocycles. The summed E-state index contributed by atoms with van der Waals surface area (Å²) in [6, 6.07) is 12.7. The first-order valence-electron chi connectivity index (χ1n) is 6.22. The minimum Gasteiger partial charge on any atom is -0.435 e. The Balaban J connectivity index is 2.01. The van der Waals surface area contributed by atoms with Gasteiger partial charge >= 0.3 is 6.61 Å². The number of ether oxygens (including phenoxy) is 1. The molecule has 0 spiro atoms. The van der Waals surface area contributed by atoms with Crippen LogP contribution in [0.25, 0.3) is 0 Å². The van der Waals surface area contributed by atoms with Crippen molar-refractivity contribution in [3.8, 4) is 5.75 Å². The summed E-state index contributed by atoms with van der Waals surface area (Å²) in [5.41, 5.74) is 1.90. The number of anilines is 2. The molecule has 2 N–H and O–H groups in total. The summed E-state index contributed by atoms with van der Waals surface area (Å²) in [4.78, 5) is 12.0. The fourth-order valence-electron chi connectivity index (χ4n) is 1.71. The SMILES string of the molecule is CNc1ccc(C(=O)Nc2ccc(OC(F)F)cc2)cc1. The number of halogens is 2. The third-order valence-corrected chi connectivity index (χ3v) is 2.77. The van der Waals surface area contributed by atoms with E-state index in [1.807, 2.05) is 0 Å². The van der Waals surface area contributed by atoms with E-state index in [0.29, 0.717) is 11.3 Å². The highest BCUT2D eigenvalue weighted by molar-refractivity contribution is 6.04. The number of carbonyl (C=O) groups is 1. The van der Waals surface area contributed by atoms with Crippen LogP contribution in [-0.4, -0.2) is 19.6 Å². The molecule has 0 aliphatic carbocycles. The first-order chi connectivity index (χ1) is 10.1. The van der Waals surface area contributed by atoms with E-state index >= 15 is 0 Å². The number of nitrogens with one attached hydrogen (secondary N) is 2. The Hall–Kier alpha value is -2.63. The Morgan fingerprint density at radius 1 is 1.00 bits per heavy atom. The van der Waals surface area contributed by atoms with Gasteiger partial charge in [-0.25, -0.2) is 0 Å². The number of benzene rings is 2. The largest absolute Gasteiger partial charge is 0.435 e. The molecule has 0 atom stereocenters. The lowest BCUT2D eigenvalue weighted by Crippen LogP contribution is -2.11. The highest BCUT2D eigenvalue weighted by atomic mass is 19.3. The second-order valence-corrected chi connectivity index (χ2v) is 4.18. The summed E-state index contributed by atoms with van der Waals surface area (Å²) in [7, 11) is 1.79. The third kappa shape index (κ3) is 4.17. The summed E-state index contributed by atoms with van der Waals surface area (Å²) in [6.45, 7) is -2.86. The molecule has 0 saturated carbocycles. The highest BCUT2D eigenvalue weighted by Gasteiger charge is 2.07. The van der Waals surface area contributed by atoms with Crippen molar-refractivity contribution in [3.05, 3.63) is 54.1 Å². The van der Waals surface area contributed by atoms with Crippen LogP contribution >= 0.6 is 0 Å². The van der Waals surface area contributed by atoms with E-state index in [4.69, 9.17) is 0 Å². The zero-order chi connectivity index (χ0) is 15.2. The standard InChI is InChI=1S/C15H14F2N2O2/c1-18-11-4-2-10(3-5-11)14(20)19-12-6-8-13(9-7-12)21-15(16)17/h2-9,15,18H,1H3,(H,19,20). The van der Waals surface area contributed by atoms with Gasteiger partial charge in [0.25, 0.3) is 5.91 Å². The first-order valence-corrected chi connectivity index (χ1v) is 6.22. The molecule has 1 amide bonds. The Bertz CT molecular complexity index is 598. The molecular weight excluding hydrogens is 278 g/mol. The van der Waals surface area contributed by atoms with Crippen molar-refractivity contribution < 1.29 is 18.3 Å². The van der Waals surface area contributed by atoms with Crippen LogP contribution in [0.2, 0.25) is 0 Å². The second-order valence-electron chi connectivity index (χ2n) is 4.18. The maximum atomic E-state index is 12.0. The predicted molar refractivity (Wildman–Crippen MR) is 77.0 cm³/mol. The lowest BCUT2D eigenvalue weighted by molar-refractivity contribution is -0.0498. The van der Waals surface area contributed by atoms with Crippen LogP contribution in [-0.2, 0) is 0 Å². The number of amides is 1. The molecule has 6 heteroatoms. The van der Waals surface area contributed by atoms with E-state index in [1.165, 1.54) is 24.3 Å². The van der Waals surface area contributed by atoms with E-state index in [2.05, 4.69) is 15.4 Å². The molecule has 2 aromatic carbocycles. The minimum absolute atomic E-state index is 0.0429. The average Bonchev–Trinajstić information content (AvgIpc) is 2.49. The molecule has 4 nitrogen and oxygen atoms in total. The van der Waals surface area contributed by atoms with Gasteiger partial charge in [-0.2, -0.15) is 8.78 Å². The van der Waals surface area contributed by atoms with Crippen LogP contribution in [0.1, 0.15) is 10.4 Å². The summed E-state index contributed by atoms with van der Waals surface area (Å²) in [5.74, 6) is -0.235. The van der Waals surface area contributed by atoms with Crippen LogP contribution in [0.3, 0.4) is 0 Å². The van der Waals surface area contributed by atoms with Crippen molar-refractivity contribution in [3.63, 3.8) is 0 Å². The maximum absolute atomic E-state index is 12.0. The summed E-state index contributed by atoms with van der Waals surface area (Å²) in [5, 5.41) is 5.63. The van der Waals surface area contributed by atoms with E-state index in [0.717, 1.165) is 5.69 Å². The molecule has 0 heterocycles.